The van der Waals surface area contributed by atoms with E-state index in [4.69, 9.17) is 23.1 Å². The minimum Gasteiger partial charge on any atom is -0.390 e. The number of halogens is 2. The number of nitrogen functional groups attached to an aromatic ring is 2. The number of aliphatic hydroxyl groups excluding tert-OH is 2. The van der Waals surface area contributed by atoms with Gasteiger partial charge in [0.25, 0.3) is 0 Å². The predicted molar refractivity (Wildman–Crippen MR) is 125 cm³/mol. The van der Waals surface area contributed by atoms with Gasteiger partial charge >= 0.3 is 0 Å². The van der Waals surface area contributed by atoms with Crippen molar-refractivity contribution < 1.29 is 14.6 Å². The van der Waals surface area contributed by atoms with E-state index in [2.05, 4.69) is 15.0 Å². The van der Waals surface area contributed by atoms with Crippen LogP contribution in [0, 0.1) is 11.2 Å². The van der Waals surface area contributed by atoms with Crippen LogP contribution in [0.5, 0.6) is 0 Å². The summed E-state index contributed by atoms with van der Waals surface area (Å²) in [6, 6.07) is 6.13. The number of hydrogen-bond donors (Lipinski definition) is 4. The molecule has 4 aromatic rings. The molecule has 3 heterocycles. The van der Waals surface area contributed by atoms with E-state index >= 15 is 0 Å². The molecule has 0 radical (unpaired) electrons. The largest absolute Gasteiger partial charge is 0.390 e. The summed E-state index contributed by atoms with van der Waals surface area (Å²) in [5.41, 5.74) is 12.9. The van der Waals surface area contributed by atoms with E-state index < -0.39 is 23.4 Å². The van der Waals surface area contributed by atoms with E-state index in [1.807, 2.05) is 23.8 Å². The zero-order valence-corrected chi connectivity index (χ0v) is 18.7. The number of pyridine rings is 1. The van der Waals surface area contributed by atoms with Gasteiger partial charge in [0.15, 0.2) is 0 Å². The summed E-state index contributed by atoms with van der Waals surface area (Å²) in [4.78, 5) is 12.5. The summed E-state index contributed by atoms with van der Waals surface area (Å²) in [5, 5.41) is 23.1. The molecule has 1 aromatic carbocycles. The van der Waals surface area contributed by atoms with Crippen LogP contribution in [0.3, 0.4) is 0 Å². The number of nitrogens with zero attached hydrogens (tertiary/aromatic N) is 4. The van der Waals surface area contributed by atoms with Crippen LogP contribution in [0.2, 0.25) is 5.02 Å². The maximum absolute atomic E-state index is 14.7. The molecule has 10 heteroatoms. The number of fused-ring (bicyclic) bond motifs is 2. The number of aliphatic hydroxyl groups is 2. The van der Waals surface area contributed by atoms with Gasteiger partial charge in [-0.25, -0.2) is 19.3 Å². The maximum atomic E-state index is 14.7. The molecule has 6 N–H and O–H groups in total. The second-order valence-corrected chi connectivity index (χ2v) is 9.49. The zero-order chi connectivity index (χ0) is 23.5. The molecule has 0 amide bonds. The highest BCUT2D eigenvalue weighted by atomic mass is 35.5. The third-order valence-corrected chi connectivity index (χ3v) is 7.22. The van der Waals surface area contributed by atoms with Crippen molar-refractivity contribution in [1.29, 1.82) is 0 Å². The average molecular weight is 471 g/mol. The van der Waals surface area contributed by atoms with Crippen LogP contribution >= 0.6 is 11.6 Å². The molecule has 33 heavy (non-hydrogen) atoms. The first-order valence-electron chi connectivity index (χ1n) is 10.7. The minimum atomic E-state index is -0.987. The van der Waals surface area contributed by atoms with Crippen molar-refractivity contribution in [3.63, 3.8) is 0 Å². The summed E-state index contributed by atoms with van der Waals surface area (Å²) in [6.07, 6.45) is 2.78. The fourth-order valence-electron chi connectivity index (χ4n) is 4.96. The molecule has 1 unspecified atom stereocenters. The average Bonchev–Trinajstić information content (AvgIpc) is 3.30. The van der Waals surface area contributed by atoms with E-state index in [9.17, 15) is 14.6 Å². The van der Waals surface area contributed by atoms with Crippen molar-refractivity contribution in [2.45, 2.75) is 44.4 Å². The van der Waals surface area contributed by atoms with Gasteiger partial charge in [0.1, 0.15) is 35.5 Å². The normalized spacial score (nSPS) is 25.3. The second-order valence-electron chi connectivity index (χ2n) is 9.08. The number of anilines is 2. The van der Waals surface area contributed by atoms with Gasteiger partial charge in [-0.2, -0.15) is 0 Å². The van der Waals surface area contributed by atoms with Gasteiger partial charge in [-0.3, -0.25) is 0 Å². The number of aromatic nitrogens is 4. The van der Waals surface area contributed by atoms with Crippen molar-refractivity contribution >= 4 is 45.2 Å². The Labute approximate surface area is 194 Å². The molecule has 1 fully saturated rings. The minimum absolute atomic E-state index is 0.147. The van der Waals surface area contributed by atoms with Crippen LogP contribution in [0.1, 0.15) is 31.4 Å². The Morgan fingerprint density at radius 2 is 1.97 bits per heavy atom. The van der Waals surface area contributed by atoms with Crippen molar-refractivity contribution in [1.82, 2.24) is 19.5 Å². The lowest BCUT2D eigenvalue weighted by atomic mass is 9.80. The van der Waals surface area contributed by atoms with Crippen LogP contribution in [-0.2, 0) is 6.42 Å². The van der Waals surface area contributed by atoms with E-state index in [0.29, 0.717) is 47.0 Å². The lowest BCUT2D eigenvalue weighted by molar-refractivity contribution is -0.0241. The highest BCUT2D eigenvalue weighted by Gasteiger charge is 2.50. The molecule has 0 bridgehead atoms. The van der Waals surface area contributed by atoms with Crippen LogP contribution in [-0.4, -0.2) is 41.9 Å². The van der Waals surface area contributed by atoms with Crippen molar-refractivity contribution in [2.75, 3.05) is 11.5 Å². The molecule has 1 aliphatic rings. The fraction of sp³-hybridized carbons (Fsp3) is 0.348. The Kier molecular flexibility index (Phi) is 5.15. The number of nitrogens with two attached hydrogens (primary N) is 2. The van der Waals surface area contributed by atoms with Gasteiger partial charge < -0.3 is 26.2 Å². The molecule has 3 aromatic heterocycles. The Balaban J connectivity index is 1.40. The van der Waals surface area contributed by atoms with Crippen molar-refractivity contribution in [3.8, 4) is 0 Å². The monoisotopic (exact) mass is 470 g/mol. The summed E-state index contributed by atoms with van der Waals surface area (Å²) < 4.78 is 16.5. The van der Waals surface area contributed by atoms with Gasteiger partial charge in [0.05, 0.1) is 28.1 Å². The fourth-order valence-corrected chi connectivity index (χ4v) is 5.12. The van der Waals surface area contributed by atoms with Crippen LogP contribution < -0.4 is 11.5 Å². The lowest BCUT2D eigenvalue weighted by Crippen LogP contribution is -2.35. The molecular weight excluding hydrogens is 447 g/mol. The summed E-state index contributed by atoms with van der Waals surface area (Å²) >= 11 is 5.97. The standard InChI is InChI=1S/C23H24ClFN6O2/c1-23(4-2-11-6-15(25)13-8-14(24)21(27)30-16(13)7-11)9-17(18(32)19(23)33)31-5-3-12-20(26)28-10-29-22(12)31/h3,5-8,10,17-19,32-33H,2,4,9H2,1H3,(H2,27,30)(H2,26,28,29)/t17-,18+,19+,23?/m1/s1. The van der Waals surface area contributed by atoms with Gasteiger partial charge in [-0.05, 0) is 54.5 Å². The molecule has 0 aliphatic heterocycles. The number of hydrogen-bond acceptors (Lipinski definition) is 7. The topological polar surface area (TPSA) is 136 Å². The highest BCUT2D eigenvalue weighted by Crippen LogP contribution is 2.48. The lowest BCUT2D eigenvalue weighted by Gasteiger charge is -2.28. The first-order valence-corrected chi connectivity index (χ1v) is 11.0. The predicted octanol–water partition coefficient (Wildman–Crippen LogP) is 3.24. The number of aryl methyl sites for hydroxylation is 1. The zero-order valence-electron chi connectivity index (χ0n) is 17.9. The molecule has 5 rings (SSSR count). The van der Waals surface area contributed by atoms with Gasteiger partial charge in [-0.15, -0.1) is 0 Å². The first-order chi connectivity index (χ1) is 15.7. The van der Waals surface area contributed by atoms with Gasteiger partial charge in [-0.1, -0.05) is 18.5 Å². The smallest absolute Gasteiger partial charge is 0.145 e. The Morgan fingerprint density at radius 3 is 2.76 bits per heavy atom. The van der Waals surface area contributed by atoms with Crippen LogP contribution in [0.15, 0.2) is 36.8 Å². The van der Waals surface area contributed by atoms with E-state index in [-0.39, 0.29) is 16.9 Å². The molecule has 0 spiro atoms. The molecule has 8 nitrogen and oxygen atoms in total. The van der Waals surface area contributed by atoms with Crippen molar-refractivity contribution in [3.05, 3.63) is 53.2 Å². The van der Waals surface area contributed by atoms with Crippen LogP contribution in [0.4, 0.5) is 16.0 Å². The highest BCUT2D eigenvalue weighted by molar-refractivity contribution is 6.33. The maximum Gasteiger partial charge on any atom is 0.145 e. The molecular formula is C23H24ClFN6O2. The quantitative estimate of drug-likeness (QED) is 0.359. The Bertz CT molecular complexity index is 1380. The molecule has 4 atom stereocenters. The van der Waals surface area contributed by atoms with Gasteiger partial charge in [0, 0.05) is 11.6 Å². The molecule has 0 saturated heterocycles. The van der Waals surface area contributed by atoms with Gasteiger partial charge in [0.2, 0.25) is 0 Å². The SMILES string of the molecule is CC1(CCc2cc(F)c3cc(Cl)c(N)nc3c2)C[C@@H](n2ccc3c(N)ncnc32)[C@H](O)[C@@H]1O. The van der Waals surface area contributed by atoms with E-state index in [1.165, 1.54) is 18.5 Å². The van der Waals surface area contributed by atoms with E-state index in [1.54, 1.807) is 6.07 Å². The first kappa shape index (κ1) is 21.8. The molecule has 1 aliphatic carbocycles. The summed E-state index contributed by atoms with van der Waals surface area (Å²) in [7, 11) is 0. The third kappa shape index (κ3) is 3.56. The second kappa shape index (κ2) is 7.79. The van der Waals surface area contributed by atoms with Crippen molar-refractivity contribution in [2.24, 2.45) is 5.41 Å². The Hall–Kier alpha value is -3.01. The number of benzene rings is 1. The third-order valence-electron chi connectivity index (χ3n) is 6.91. The van der Waals surface area contributed by atoms with E-state index in [0.717, 1.165) is 5.56 Å². The molecule has 172 valence electrons. The van der Waals surface area contributed by atoms with Crippen LogP contribution in [0.25, 0.3) is 21.9 Å². The summed E-state index contributed by atoms with van der Waals surface area (Å²) in [6.45, 7) is 1.93. The summed E-state index contributed by atoms with van der Waals surface area (Å²) in [5.74, 6) is 0.0830. The number of rotatable bonds is 4. The molecule has 1 saturated carbocycles. The Morgan fingerprint density at radius 1 is 1.18 bits per heavy atom.